The smallest absolute Gasteiger partial charge is 0.153 e. The highest BCUT2D eigenvalue weighted by molar-refractivity contribution is 9.10. The van der Waals surface area contributed by atoms with Crippen LogP contribution in [0.1, 0.15) is 24.7 Å². The molecular weight excluding hydrogens is 310 g/mol. The van der Waals surface area contributed by atoms with Crippen molar-refractivity contribution in [3.63, 3.8) is 0 Å². The molecule has 0 saturated heterocycles. The zero-order valence-electron chi connectivity index (χ0n) is 10.7. The summed E-state index contributed by atoms with van der Waals surface area (Å²) >= 11 is 5.22. The second-order valence-electron chi connectivity index (χ2n) is 4.15. The van der Waals surface area contributed by atoms with Gasteiger partial charge in [-0.2, -0.15) is 11.3 Å². The van der Waals surface area contributed by atoms with Crippen LogP contribution in [0.3, 0.4) is 0 Å². The predicted molar refractivity (Wildman–Crippen MR) is 81.3 cm³/mol. The van der Waals surface area contributed by atoms with Gasteiger partial charge in [-0.15, -0.1) is 0 Å². The maximum absolute atomic E-state index is 4.68. The molecule has 0 bridgehead atoms. The Morgan fingerprint density at radius 2 is 1.94 bits per heavy atom. The van der Waals surface area contributed by atoms with E-state index in [1.165, 1.54) is 0 Å². The average Bonchev–Trinajstić information content (AvgIpc) is 2.76. The van der Waals surface area contributed by atoms with Crippen molar-refractivity contribution in [2.45, 2.75) is 27.2 Å². The van der Waals surface area contributed by atoms with Gasteiger partial charge in [0.25, 0.3) is 0 Å². The van der Waals surface area contributed by atoms with Crippen LogP contribution < -0.4 is 5.32 Å². The fourth-order valence-electron chi connectivity index (χ4n) is 1.61. The second-order valence-corrected chi connectivity index (χ2v) is 5.75. The van der Waals surface area contributed by atoms with E-state index in [1.54, 1.807) is 11.3 Å². The first kappa shape index (κ1) is 13.5. The van der Waals surface area contributed by atoms with Crippen LogP contribution >= 0.6 is 27.3 Å². The first-order chi connectivity index (χ1) is 8.63. The standard InChI is InChI=1S/C13H16BrN3S/c1-4-5-15-13-12(10-6-18-7-11(10)14)16-8(2)9(3)17-13/h6-7H,4-5H2,1-3H3,(H,15,17). The number of nitrogens with zero attached hydrogens (tertiary/aromatic N) is 2. The molecule has 0 atom stereocenters. The summed E-state index contributed by atoms with van der Waals surface area (Å²) in [6, 6.07) is 0. The van der Waals surface area contributed by atoms with E-state index >= 15 is 0 Å². The first-order valence-electron chi connectivity index (χ1n) is 5.94. The summed E-state index contributed by atoms with van der Waals surface area (Å²) in [5, 5.41) is 7.52. The van der Waals surface area contributed by atoms with Gasteiger partial charge >= 0.3 is 0 Å². The fraction of sp³-hybridized carbons (Fsp3) is 0.385. The number of anilines is 1. The minimum Gasteiger partial charge on any atom is -0.368 e. The van der Waals surface area contributed by atoms with Gasteiger partial charge in [-0.1, -0.05) is 6.92 Å². The predicted octanol–water partition coefficient (Wildman–Crippen LogP) is 4.41. The normalized spacial score (nSPS) is 10.7. The lowest BCUT2D eigenvalue weighted by atomic mass is 10.2. The van der Waals surface area contributed by atoms with Gasteiger partial charge in [0.2, 0.25) is 0 Å². The third-order valence-corrected chi connectivity index (χ3v) is 4.42. The molecule has 0 fully saturated rings. The van der Waals surface area contributed by atoms with Crippen molar-refractivity contribution in [3.05, 3.63) is 26.6 Å². The summed E-state index contributed by atoms with van der Waals surface area (Å²) in [5.74, 6) is 0.874. The molecule has 96 valence electrons. The molecule has 0 aromatic carbocycles. The van der Waals surface area contributed by atoms with E-state index < -0.39 is 0 Å². The van der Waals surface area contributed by atoms with Crippen LogP contribution in [0.5, 0.6) is 0 Å². The van der Waals surface area contributed by atoms with E-state index in [1.807, 2.05) is 13.8 Å². The highest BCUT2D eigenvalue weighted by Gasteiger charge is 2.14. The number of hydrogen-bond donors (Lipinski definition) is 1. The van der Waals surface area contributed by atoms with Gasteiger partial charge in [0.1, 0.15) is 5.69 Å². The Kier molecular flexibility index (Phi) is 4.35. The van der Waals surface area contributed by atoms with Gasteiger partial charge in [0, 0.05) is 27.3 Å². The summed E-state index contributed by atoms with van der Waals surface area (Å²) in [6.07, 6.45) is 1.07. The number of hydrogen-bond acceptors (Lipinski definition) is 4. The van der Waals surface area contributed by atoms with Crippen molar-refractivity contribution >= 4 is 33.1 Å². The van der Waals surface area contributed by atoms with Crippen LogP contribution in [0.15, 0.2) is 15.2 Å². The van der Waals surface area contributed by atoms with Crippen molar-refractivity contribution in [1.82, 2.24) is 9.97 Å². The zero-order valence-corrected chi connectivity index (χ0v) is 13.2. The summed E-state index contributed by atoms with van der Waals surface area (Å²) < 4.78 is 1.07. The lowest BCUT2D eigenvalue weighted by molar-refractivity contribution is 0.953. The highest BCUT2D eigenvalue weighted by atomic mass is 79.9. The Balaban J connectivity index is 2.50. The van der Waals surface area contributed by atoms with Crippen molar-refractivity contribution in [2.75, 3.05) is 11.9 Å². The van der Waals surface area contributed by atoms with Crippen molar-refractivity contribution in [1.29, 1.82) is 0 Å². The minimum absolute atomic E-state index is 0.874. The van der Waals surface area contributed by atoms with Crippen LogP contribution in [0.4, 0.5) is 5.82 Å². The summed E-state index contributed by atoms with van der Waals surface area (Å²) in [5.41, 5.74) is 3.99. The largest absolute Gasteiger partial charge is 0.368 e. The van der Waals surface area contributed by atoms with E-state index in [0.29, 0.717) is 0 Å². The maximum Gasteiger partial charge on any atom is 0.153 e. The van der Waals surface area contributed by atoms with Gasteiger partial charge in [0.15, 0.2) is 5.82 Å². The number of halogens is 1. The summed E-state index contributed by atoms with van der Waals surface area (Å²) in [4.78, 5) is 9.30. The summed E-state index contributed by atoms with van der Waals surface area (Å²) in [7, 11) is 0. The number of nitrogens with one attached hydrogen (secondary N) is 1. The SMILES string of the molecule is CCCNc1nc(C)c(C)nc1-c1cscc1Br. The molecule has 1 N–H and O–H groups in total. The van der Waals surface area contributed by atoms with Gasteiger partial charge < -0.3 is 5.32 Å². The molecule has 2 rings (SSSR count). The lowest BCUT2D eigenvalue weighted by Crippen LogP contribution is -2.07. The van der Waals surface area contributed by atoms with Crippen LogP contribution in [-0.2, 0) is 0 Å². The first-order valence-corrected chi connectivity index (χ1v) is 7.68. The number of rotatable bonds is 4. The Labute approximate surface area is 120 Å². The van der Waals surface area contributed by atoms with E-state index in [-0.39, 0.29) is 0 Å². The van der Waals surface area contributed by atoms with E-state index in [9.17, 15) is 0 Å². The molecule has 0 unspecified atom stereocenters. The molecular formula is C13H16BrN3S. The van der Waals surface area contributed by atoms with Gasteiger partial charge in [-0.25, -0.2) is 9.97 Å². The molecule has 2 aromatic rings. The molecule has 3 nitrogen and oxygen atoms in total. The molecule has 0 aliphatic carbocycles. The average molecular weight is 326 g/mol. The molecule has 0 aliphatic rings. The Hall–Kier alpha value is -0.940. The molecule has 0 amide bonds. The van der Waals surface area contributed by atoms with Crippen LogP contribution in [0, 0.1) is 13.8 Å². The Morgan fingerprint density at radius 3 is 2.56 bits per heavy atom. The molecule has 2 aromatic heterocycles. The van der Waals surface area contributed by atoms with Gasteiger partial charge in [-0.05, 0) is 36.2 Å². The molecule has 0 aliphatic heterocycles. The van der Waals surface area contributed by atoms with Crippen LogP contribution in [0.25, 0.3) is 11.3 Å². The molecule has 0 radical (unpaired) electrons. The Bertz CT molecular complexity index is 551. The summed E-state index contributed by atoms with van der Waals surface area (Å²) in [6.45, 7) is 7.04. The number of aryl methyl sites for hydroxylation is 2. The lowest BCUT2D eigenvalue weighted by Gasteiger charge is -2.12. The number of thiophene rings is 1. The molecule has 18 heavy (non-hydrogen) atoms. The van der Waals surface area contributed by atoms with Gasteiger partial charge in [0.05, 0.1) is 11.4 Å². The Morgan fingerprint density at radius 1 is 1.22 bits per heavy atom. The van der Waals surface area contributed by atoms with Crippen molar-refractivity contribution < 1.29 is 0 Å². The van der Waals surface area contributed by atoms with E-state index in [2.05, 4.69) is 48.9 Å². The highest BCUT2D eigenvalue weighted by Crippen LogP contribution is 2.34. The topological polar surface area (TPSA) is 37.8 Å². The van der Waals surface area contributed by atoms with Gasteiger partial charge in [-0.3, -0.25) is 0 Å². The zero-order chi connectivity index (χ0) is 13.1. The third-order valence-electron chi connectivity index (χ3n) is 2.72. The fourth-order valence-corrected chi connectivity index (χ4v) is 3.07. The number of aromatic nitrogens is 2. The van der Waals surface area contributed by atoms with Crippen LogP contribution in [0.2, 0.25) is 0 Å². The maximum atomic E-state index is 4.68. The molecule has 0 saturated carbocycles. The van der Waals surface area contributed by atoms with Crippen molar-refractivity contribution in [3.8, 4) is 11.3 Å². The molecule has 2 heterocycles. The molecule has 0 spiro atoms. The van der Waals surface area contributed by atoms with E-state index in [0.717, 1.165) is 45.9 Å². The van der Waals surface area contributed by atoms with E-state index in [4.69, 9.17) is 0 Å². The minimum atomic E-state index is 0.874. The van der Waals surface area contributed by atoms with Crippen molar-refractivity contribution in [2.24, 2.45) is 0 Å². The quantitative estimate of drug-likeness (QED) is 0.904. The third kappa shape index (κ3) is 2.72. The monoisotopic (exact) mass is 325 g/mol. The van der Waals surface area contributed by atoms with Crippen LogP contribution in [-0.4, -0.2) is 16.5 Å². The second kappa shape index (κ2) is 5.80. The molecule has 5 heteroatoms.